The minimum absolute atomic E-state index is 0.0773. The highest BCUT2D eigenvalue weighted by molar-refractivity contribution is 7.19. The Morgan fingerprint density at radius 1 is 0.236 bits per heavy atom. The van der Waals surface area contributed by atoms with Gasteiger partial charge in [0.05, 0.1) is 0 Å². The topological polar surface area (TPSA) is 68.3 Å². The molecule has 0 aromatic carbocycles. The minimum atomic E-state index is -0.456. The van der Waals surface area contributed by atoms with Gasteiger partial charge in [-0.15, -0.1) is 56.7 Å². The van der Waals surface area contributed by atoms with Crippen molar-refractivity contribution in [3.63, 3.8) is 0 Å². The highest BCUT2D eigenvalue weighted by atomic mass is 32.1. The highest BCUT2D eigenvalue weighted by Crippen LogP contribution is 2.52. The standard InChI is InChI=1S/C80H92O4S5/c1-73(2,3)49-37-45(38-50(69(49)81)74(4,5)6)65(57-27-25-35-85-57)59-29-31-61(87-59)67(47-41-53(77(13,14)15)71(83)54(42-47)78(16,17)18)63-33-34-64(89-63)68(48-43-55(79(19,20)21)72(84)56(44-48)80(22,23)24)62-32-30-60(88-62)66(58-28-26-36-86-58)46-39-51(75(7,8)9)70(82)52(40-46)76(10,11)12/h25-44H,1-24H3. The maximum atomic E-state index is 14.8. The first-order valence-electron chi connectivity index (χ1n) is 31.2. The van der Waals surface area contributed by atoms with Gasteiger partial charge in [0, 0.05) is 106 Å². The van der Waals surface area contributed by atoms with Gasteiger partial charge in [0.15, 0.2) is 23.1 Å². The molecule has 5 aromatic rings. The number of thiophene rings is 5. The predicted molar refractivity (Wildman–Crippen MR) is 386 cm³/mol. The molecule has 0 saturated heterocycles. The van der Waals surface area contributed by atoms with Crippen molar-refractivity contribution >= 4 is 102 Å². The van der Waals surface area contributed by atoms with Crippen molar-refractivity contribution < 1.29 is 19.2 Å². The third-order valence-electron chi connectivity index (χ3n) is 16.8. The molecule has 0 spiro atoms. The van der Waals surface area contributed by atoms with Gasteiger partial charge in [-0.1, -0.05) is 178 Å². The van der Waals surface area contributed by atoms with Gasteiger partial charge in [0.25, 0.3) is 0 Å². The van der Waals surface area contributed by atoms with Gasteiger partial charge in [-0.25, -0.2) is 0 Å². The van der Waals surface area contributed by atoms with Gasteiger partial charge in [0.1, 0.15) is 0 Å². The van der Waals surface area contributed by atoms with E-state index in [4.69, 9.17) is 0 Å². The van der Waals surface area contributed by atoms with Crippen LogP contribution >= 0.6 is 56.7 Å². The van der Waals surface area contributed by atoms with E-state index in [0.29, 0.717) is 0 Å². The van der Waals surface area contributed by atoms with Crippen LogP contribution in [0.1, 0.15) is 205 Å². The van der Waals surface area contributed by atoms with Crippen molar-refractivity contribution in [1.82, 2.24) is 0 Å². The maximum Gasteiger partial charge on any atom is 0.186 e. The molecule has 0 unspecified atom stereocenters. The van der Waals surface area contributed by atoms with Crippen LogP contribution in [0.5, 0.6) is 0 Å². The fourth-order valence-corrected chi connectivity index (χ4v) is 17.2. The summed E-state index contributed by atoms with van der Waals surface area (Å²) in [6.07, 6.45) is 17.2. The van der Waals surface area contributed by atoms with Crippen LogP contribution in [-0.4, -0.2) is 23.1 Å². The number of rotatable bonds is 8. The molecular weight excluding hydrogens is 1190 g/mol. The van der Waals surface area contributed by atoms with E-state index >= 15 is 0 Å². The lowest BCUT2D eigenvalue weighted by Crippen LogP contribution is -2.28. The molecule has 0 N–H and O–H groups in total. The van der Waals surface area contributed by atoms with Crippen molar-refractivity contribution in [3.8, 4) is 0 Å². The average Bonchev–Trinajstić information content (AvgIpc) is 1.80. The molecule has 4 aliphatic carbocycles. The maximum absolute atomic E-state index is 14.8. The van der Waals surface area contributed by atoms with Crippen LogP contribution in [-0.2, 0) is 19.2 Å². The molecule has 5 heterocycles. The number of hydrogen-bond acceptors (Lipinski definition) is 9. The summed E-state index contributed by atoms with van der Waals surface area (Å²) < 4.78 is 0. The van der Waals surface area contributed by atoms with Crippen molar-refractivity contribution in [2.75, 3.05) is 0 Å². The van der Waals surface area contributed by atoms with E-state index in [1.807, 2.05) is 0 Å². The number of carbonyl (C=O) groups excluding carboxylic acids is 4. The van der Waals surface area contributed by atoms with E-state index in [0.717, 1.165) is 128 Å². The molecule has 4 nitrogen and oxygen atoms in total. The fourth-order valence-electron chi connectivity index (χ4n) is 11.8. The van der Waals surface area contributed by atoms with E-state index in [-0.39, 0.29) is 23.1 Å². The molecule has 0 fully saturated rings. The zero-order valence-corrected chi connectivity index (χ0v) is 61.3. The normalized spacial score (nSPS) is 17.1. The molecule has 9 rings (SSSR count). The lowest BCUT2D eigenvalue weighted by atomic mass is 9.71. The molecule has 4 aliphatic rings. The van der Waals surface area contributed by atoms with E-state index < -0.39 is 43.3 Å². The SMILES string of the molecule is CC(C)(C)C1=CC(=C(c2cccs2)c2ccc(C(=C3C=C(C(C)(C)C)C(=O)C(C(C)(C)C)=C3)c3ccc(C(=C4C=C(C(C)(C)C)C(=O)C(C(C)(C)C)=C4)c4ccc(C(=C5C=C(C(C)(C)C)C(=O)C(C(C)(C)C)=C5)c5cccs5)s4)s3)s2)C=C(C(C)(C)C)C1=O. The Kier molecular flexibility index (Phi) is 17.9. The Balaban J connectivity index is 1.37. The van der Waals surface area contributed by atoms with Crippen LogP contribution in [0.2, 0.25) is 0 Å². The number of ketones is 4. The monoisotopic (exact) mass is 1280 g/mol. The second-order valence-corrected chi connectivity index (χ2v) is 37.7. The first-order valence-corrected chi connectivity index (χ1v) is 35.4. The molecule has 0 bridgehead atoms. The summed E-state index contributed by atoms with van der Waals surface area (Å²) in [5.41, 5.74) is 11.1. The van der Waals surface area contributed by atoms with E-state index in [9.17, 15) is 19.2 Å². The molecule has 0 atom stereocenters. The van der Waals surface area contributed by atoms with Crippen LogP contribution in [0.25, 0.3) is 22.3 Å². The van der Waals surface area contributed by atoms with Crippen LogP contribution in [0.15, 0.2) is 187 Å². The van der Waals surface area contributed by atoms with Crippen LogP contribution in [0, 0.1) is 43.3 Å². The van der Waals surface area contributed by atoms with Gasteiger partial charge in [0.2, 0.25) is 0 Å². The summed E-state index contributed by atoms with van der Waals surface area (Å²) in [4.78, 5) is 67.1. The lowest BCUT2D eigenvalue weighted by Gasteiger charge is -2.32. The molecule has 466 valence electrons. The summed E-state index contributed by atoms with van der Waals surface area (Å²) >= 11 is 8.64. The minimum Gasteiger partial charge on any atom is -0.289 e. The summed E-state index contributed by atoms with van der Waals surface area (Å²) in [5.74, 6) is 0.359. The van der Waals surface area contributed by atoms with Gasteiger partial charge < -0.3 is 0 Å². The van der Waals surface area contributed by atoms with Gasteiger partial charge in [-0.05, 0) is 174 Å². The molecule has 0 aliphatic heterocycles. The quantitative estimate of drug-likeness (QED) is 0.155. The summed E-state index contributed by atoms with van der Waals surface area (Å²) in [7, 11) is 0. The third kappa shape index (κ3) is 13.8. The molecule has 0 saturated carbocycles. The first kappa shape index (κ1) is 67.5. The van der Waals surface area contributed by atoms with Crippen LogP contribution in [0.4, 0.5) is 0 Å². The van der Waals surface area contributed by atoms with Crippen LogP contribution in [0.3, 0.4) is 0 Å². The molecule has 5 aromatic heterocycles. The van der Waals surface area contributed by atoms with E-state index in [1.165, 1.54) is 0 Å². The number of hydrogen-bond donors (Lipinski definition) is 0. The molecule has 9 heteroatoms. The van der Waals surface area contributed by atoms with Crippen molar-refractivity contribution in [2.45, 2.75) is 166 Å². The average molecular weight is 1280 g/mol. The Bertz CT molecular complexity index is 3730. The molecular formula is C80H92O4S5. The number of allylic oxidation sites excluding steroid dienone is 20. The van der Waals surface area contributed by atoms with Crippen molar-refractivity contribution in [3.05, 3.63) is 226 Å². The summed E-state index contributed by atoms with van der Waals surface area (Å²) in [5, 5.41) is 4.25. The second kappa shape index (κ2) is 23.6. The molecule has 0 amide bonds. The fraction of sp³-hybridized carbons (Fsp3) is 0.400. The van der Waals surface area contributed by atoms with Gasteiger partial charge in [-0.3, -0.25) is 19.2 Å². The Morgan fingerprint density at radius 2 is 0.393 bits per heavy atom. The Morgan fingerprint density at radius 3 is 0.528 bits per heavy atom. The van der Waals surface area contributed by atoms with Gasteiger partial charge in [-0.2, -0.15) is 0 Å². The Hall–Kier alpha value is -5.94. The zero-order chi connectivity index (χ0) is 65.8. The summed E-state index contributed by atoms with van der Waals surface area (Å²) in [6, 6.07) is 22.1. The molecule has 0 radical (unpaired) electrons. The van der Waals surface area contributed by atoms with Crippen molar-refractivity contribution in [1.29, 1.82) is 0 Å². The molecule has 89 heavy (non-hydrogen) atoms. The lowest BCUT2D eigenvalue weighted by molar-refractivity contribution is -0.114. The van der Waals surface area contributed by atoms with E-state index in [1.54, 1.807) is 56.7 Å². The van der Waals surface area contributed by atoms with Crippen molar-refractivity contribution in [2.24, 2.45) is 43.3 Å². The summed E-state index contributed by atoms with van der Waals surface area (Å²) in [6.45, 7) is 51.1. The highest BCUT2D eigenvalue weighted by Gasteiger charge is 2.40. The smallest absolute Gasteiger partial charge is 0.186 e. The van der Waals surface area contributed by atoms with E-state index in [2.05, 4.69) is 286 Å². The number of Topliss-reactive ketones (excluding diaryl/α,β-unsaturated/α-hetero) is 4. The van der Waals surface area contributed by atoms with Gasteiger partial charge >= 0.3 is 0 Å². The number of carbonyl (C=O) groups is 4. The first-order chi connectivity index (χ1) is 40.8. The zero-order valence-electron chi connectivity index (χ0n) is 57.2. The van der Waals surface area contributed by atoms with Crippen LogP contribution < -0.4 is 0 Å². The largest absolute Gasteiger partial charge is 0.289 e. The predicted octanol–water partition coefficient (Wildman–Crippen LogP) is 23.3. The Labute approximate surface area is 552 Å². The second-order valence-electron chi connectivity index (χ2n) is 32.5. The third-order valence-corrected chi connectivity index (χ3v) is 21.9.